The summed E-state index contributed by atoms with van der Waals surface area (Å²) in [6.45, 7) is 4.77. The van der Waals surface area contributed by atoms with E-state index in [4.69, 9.17) is 28.9 Å². The number of primary amides is 1. The van der Waals surface area contributed by atoms with Crippen LogP contribution in [0.1, 0.15) is 47.8 Å². The lowest BCUT2D eigenvalue weighted by Gasteiger charge is -2.48. The van der Waals surface area contributed by atoms with Gasteiger partial charge in [0, 0.05) is 28.7 Å². The maximum Gasteiger partial charge on any atom is 0.252 e. The lowest BCUT2D eigenvalue weighted by molar-refractivity contribution is -0.120. The van der Waals surface area contributed by atoms with Crippen molar-refractivity contribution in [1.29, 1.82) is 0 Å². The van der Waals surface area contributed by atoms with Crippen molar-refractivity contribution < 1.29 is 18.0 Å². The van der Waals surface area contributed by atoms with Gasteiger partial charge in [-0.1, -0.05) is 67.4 Å². The number of likely N-dealkylation sites (tertiary alicyclic amines) is 1. The molecule has 0 aromatic heterocycles. The van der Waals surface area contributed by atoms with Crippen LogP contribution in [0.25, 0.3) is 0 Å². The largest absolute Gasteiger partial charge is 0.368 e. The summed E-state index contributed by atoms with van der Waals surface area (Å²) in [4.78, 5) is 27.1. The number of carbonyl (C=O) groups is 2. The fourth-order valence-corrected chi connectivity index (χ4v) is 6.59. The first-order valence-corrected chi connectivity index (χ1v) is 15.9. The van der Waals surface area contributed by atoms with E-state index in [0.717, 1.165) is 17.4 Å². The van der Waals surface area contributed by atoms with Crippen LogP contribution in [-0.4, -0.2) is 56.6 Å². The van der Waals surface area contributed by atoms with Crippen LogP contribution in [0.2, 0.25) is 10.0 Å². The van der Waals surface area contributed by atoms with E-state index >= 15 is 0 Å². The highest BCUT2D eigenvalue weighted by Crippen LogP contribution is 2.36. The van der Waals surface area contributed by atoms with Gasteiger partial charge in [-0.3, -0.25) is 18.8 Å². The maximum absolute atomic E-state index is 13.0. The smallest absolute Gasteiger partial charge is 0.252 e. The number of hydrogen-bond donors (Lipinski definition) is 2. The lowest BCUT2D eigenvalue weighted by Crippen LogP contribution is -2.61. The summed E-state index contributed by atoms with van der Waals surface area (Å²) in [5.74, 6) is -0.969. The van der Waals surface area contributed by atoms with Crippen LogP contribution in [0.4, 0.5) is 5.69 Å². The summed E-state index contributed by atoms with van der Waals surface area (Å²) in [7, 11) is -3.70. The van der Waals surface area contributed by atoms with Crippen LogP contribution in [-0.2, 0) is 14.8 Å². The minimum absolute atomic E-state index is 0.133. The van der Waals surface area contributed by atoms with E-state index in [9.17, 15) is 18.0 Å². The van der Waals surface area contributed by atoms with Crippen molar-refractivity contribution in [2.75, 3.05) is 23.7 Å². The predicted octanol–water partition coefficient (Wildman–Crippen LogP) is 4.86. The SMILES string of the molecule is CC(C)C[C@H](NC(=O)c1cccc(N(C2CN(C(c3ccc(Cl)cc3)c3ccc(Cl)cc3)C2)S(C)(=O)=O)c1)C(N)=O. The van der Waals surface area contributed by atoms with E-state index in [1.54, 1.807) is 18.2 Å². The number of amides is 2. The molecule has 0 saturated carbocycles. The van der Waals surface area contributed by atoms with E-state index in [1.807, 2.05) is 62.4 Å². The highest BCUT2D eigenvalue weighted by Gasteiger charge is 2.41. The van der Waals surface area contributed by atoms with Crippen LogP contribution >= 0.6 is 23.2 Å². The van der Waals surface area contributed by atoms with Gasteiger partial charge in [0.25, 0.3) is 5.91 Å². The summed E-state index contributed by atoms with van der Waals surface area (Å²) < 4.78 is 27.4. The zero-order valence-electron chi connectivity index (χ0n) is 23.1. The van der Waals surface area contributed by atoms with Crippen LogP contribution < -0.4 is 15.4 Å². The molecule has 0 bridgehead atoms. The highest BCUT2D eigenvalue weighted by molar-refractivity contribution is 7.92. The van der Waals surface area contributed by atoms with Crippen LogP contribution in [0, 0.1) is 5.92 Å². The van der Waals surface area contributed by atoms with Gasteiger partial charge in [0.1, 0.15) is 6.04 Å². The van der Waals surface area contributed by atoms with Crippen molar-refractivity contribution in [2.24, 2.45) is 11.7 Å². The summed E-state index contributed by atoms with van der Waals surface area (Å²) in [6.07, 6.45) is 1.56. The van der Waals surface area contributed by atoms with Gasteiger partial charge < -0.3 is 11.1 Å². The Hall–Kier alpha value is -3.11. The van der Waals surface area contributed by atoms with Crippen molar-refractivity contribution >= 4 is 50.7 Å². The fraction of sp³-hybridized carbons (Fsp3) is 0.333. The predicted molar refractivity (Wildman–Crippen MR) is 164 cm³/mol. The molecule has 1 fully saturated rings. The van der Waals surface area contributed by atoms with Gasteiger partial charge in [-0.2, -0.15) is 0 Å². The Labute approximate surface area is 251 Å². The van der Waals surface area contributed by atoms with Gasteiger partial charge in [-0.05, 0) is 65.9 Å². The number of nitrogens with two attached hydrogens (primary N) is 1. The molecule has 0 spiro atoms. The molecule has 11 heteroatoms. The van der Waals surface area contributed by atoms with E-state index in [2.05, 4.69) is 10.2 Å². The molecule has 3 N–H and O–H groups in total. The highest BCUT2D eigenvalue weighted by atomic mass is 35.5. The molecule has 8 nitrogen and oxygen atoms in total. The normalized spacial score (nSPS) is 15.0. The Kier molecular flexibility index (Phi) is 9.64. The molecular formula is C30H34Cl2N4O4S. The number of anilines is 1. The first kappa shape index (κ1) is 30.8. The second-order valence-electron chi connectivity index (χ2n) is 10.8. The average molecular weight is 618 g/mol. The molecule has 218 valence electrons. The molecule has 0 aliphatic carbocycles. The fourth-order valence-electron chi connectivity index (χ4n) is 5.17. The molecule has 1 atom stereocenters. The second kappa shape index (κ2) is 12.8. The van der Waals surface area contributed by atoms with Gasteiger partial charge in [-0.25, -0.2) is 8.42 Å². The van der Waals surface area contributed by atoms with Crippen molar-refractivity contribution in [2.45, 2.75) is 38.4 Å². The minimum atomic E-state index is -3.70. The number of benzene rings is 3. The summed E-state index contributed by atoms with van der Waals surface area (Å²) in [6, 6.07) is 20.3. The molecule has 41 heavy (non-hydrogen) atoms. The van der Waals surface area contributed by atoms with Crippen LogP contribution in [0.15, 0.2) is 72.8 Å². The standard InChI is InChI=1S/C30H34Cl2N4O4S/c1-19(2)15-27(29(33)37)34-30(38)22-5-4-6-25(16-22)36(41(3,39)40)26-17-35(18-26)28(20-7-11-23(31)12-8-20)21-9-13-24(32)14-10-21/h4-14,16,19,26-28H,15,17-18H2,1-3H3,(H2,33,37)(H,34,38)/t27-/m0/s1. The second-order valence-corrected chi connectivity index (χ2v) is 13.5. The third-order valence-electron chi connectivity index (χ3n) is 7.03. The summed E-state index contributed by atoms with van der Waals surface area (Å²) >= 11 is 12.3. The van der Waals surface area contributed by atoms with Gasteiger partial charge >= 0.3 is 0 Å². The molecule has 0 unspecified atom stereocenters. The Morgan fingerprint density at radius 2 is 1.51 bits per heavy atom. The molecule has 1 aliphatic rings. The third-order valence-corrected chi connectivity index (χ3v) is 8.76. The molecule has 3 aromatic carbocycles. The van der Waals surface area contributed by atoms with Gasteiger partial charge in [0.15, 0.2) is 0 Å². The molecular weight excluding hydrogens is 583 g/mol. The number of sulfonamides is 1. The van der Waals surface area contributed by atoms with E-state index < -0.39 is 27.9 Å². The Morgan fingerprint density at radius 3 is 1.98 bits per heavy atom. The molecule has 3 aromatic rings. The minimum Gasteiger partial charge on any atom is -0.368 e. The maximum atomic E-state index is 13.0. The van der Waals surface area contributed by atoms with Crippen LogP contribution in [0.5, 0.6) is 0 Å². The van der Waals surface area contributed by atoms with Gasteiger partial charge in [0.2, 0.25) is 15.9 Å². The topological polar surface area (TPSA) is 113 Å². The number of nitrogens with one attached hydrogen (secondary N) is 1. The number of halogens is 2. The van der Waals surface area contributed by atoms with Gasteiger partial charge in [-0.15, -0.1) is 0 Å². The number of carbonyl (C=O) groups excluding carboxylic acids is 2. The van der Waals surface area contributed by atoms with Crippen molar-refractivity contribution in [3.8, 4) is 0 Å². The third kappa shape index (κ3) is 7.60. The average Bonchev–Trinajstić information content (AvgIpc) is 2.88. The number of hydrogen-bond acceptors (Lipinski definition) is 5. The summed E-state index contributed by atoms with van der Waals surface area (Å²) in [5.41, 5.74) is 8.14. The van der Waals surface area contributed by atoms with Crippen LogP contribution in [0.3, 0.4) is 0 Å². The van der Waals surface area contributed by atoms with E-state index in [-0.39, 0.29) is 23.6 Å². The molecule has 1 aliphatic heterocycles. The molecule has 1 saturated heterocycles. The van der Waals surface area contributed by atoms with E-state index in [1.165, 1.54) is 10.4 Å². The van der Waals surface area contributed by atoms with Crippen molar-refractivity contribution in [1.82, 2.24) is 10.2 Å². The monoisotopic (exact) mass is 616 g/mol. The van der Waals surface area contributed by atoms with Crippen molar-refractivity contribution in [3.63, 3.8) is 0 Å². The Bertz CT molecular complexity index is 1450. The number of rotatable bonds is 11. The Balaban J connectivity index is 1.58. The molecule has 4 rings (SSSR count). The molecule has 1 heterocycles. The quantitative estimate of drug-likeness (QED) is 0.319. The van der Waals surface area contributed by atoms with Gasteiger partial charge in [0.05, 0.1) is 24.0 Å². The number of nitrogens with zero attached hydrogens (tertiary/aromatic N) is 2. The van der Waals surface area contributed by atoms with E-state index in [0.29, 0.717) is 35.2 Å². The first-order valence-electron chi connectivity index (χ1n) is 13.3. The zero-order valence-corrected chi connectivity index (χ0v) is 25.5. The summed E-state index contributed by atoms with van der Waals surface area (Å²) in [5, 5.41) is 3.94. The Morgan fingerprint density at radius 1 is 0.976 bits per heavy atom. The zero-order chi connectivity index (χ0) is 29.9. The first-order chi connectivity index (χ1) is 19.3. The molecule has 0 radical (unpaired) electrons. The lowest BCUT2D eigenvalue weighted by atomic mass is 9.93. The van der Waals surface area contributed by atoms with Crippen molar-refractivity contribution in [3.05, 3.63) is 99.5 Å². The molecule has 2 amide bonds.